The van der Waals surface area contributed by atoms with Gasteiger partial charge in [0.2, 0.25) is 0 Å². The molecule has 0 fully saturated rings. The van der Waals surface area contributed by atoms with Gasteiger partial charge in [0.25, 0.3) is 0 Å². The van der Waals surface area contributed by atoms with Crippen LogP contribution in [0.2, 0.25) is 0 Å². The van der Waals surface area contributed by atoms with Crippen LogP contribution in [0.25, 0.3) is 140 Å². The monoisotopic (exact) mass is 624 g/mol. The van der Waals surface area contributed by atoms with Gasteiger partial charge in [0.05, 0.1) is 0 Å². The molecule has 0 atom stereocenters. The van der Waals surface area contributed by atoms with Crippen molar-refractivity contribution in [2.45, 2.75) is 0 Å². The predicted octanol–water partition coefficient (Wildman–Crippen LogP) is 14.4. The summed E-state index contributed by atoms with van der Waals surface area (Å²) in [7, 11) is 0. The van der Waals surface area contributed by atoms with E-state index in [0.29, 0.717) is 0 Å². The summed E-state index contributed by atoms with van der Waals surface area (Å²) < 4.78 is 0. The minimum absolute atomic E-state index is 1.31. The molecule has 14 aromatic carbocycles. The molecule has 14 rings (SSSR count). The molecule has 0 unspecified atom stereocenters. The lowest BCUT2D eigenvalue weighted by Gasteiger charge is -2.03. The summed E-state index contributed by atoms with van der Waals surface area (Å²) >= 11 is 0. The highest BCUT2D eigenvalue weighted by Gasteiger charge is 2.21. The molecule has 0 saturated heterocycles. The molecule has 0 heteroatoms. The molecule has 0 aromatic heterocycles. The van der Waals surface area contributed by atoms with Crippen LogP contribution in [0.3, 0.4) is 0 Å². The van der Waals surface area contributed by atoms with Crippen molar-refractivity contribution in [3.05, 3.63) is 146 Å². The van der Waals surface area contributed by atoms with Gasteiger partial charge in [-0.15, -0.1) is 0 Å². The van der Waals surface area contributed by atoms with Gasteiger partial charge < -0.3 is 0 Å². The minimum atomic E-state index is 1.31. The first-order valence-electron chi connectivity index (χ1n) is 17.7. The molecule has 0 aliphatic carbocycles. The summed E-state index contributed by atoms with van der Waals surface area (Å²) in [4.78, 5) is 0. The van der Waals surface area contributed by atoms with Gasteiger partial charge in [0.15, 0.2) is 0 Å². The largest absolute Gasteiger partial charge is 0.0610 e. The van der Waals surface area contributed by atoms with Crippen molar-refractivity contribution < 1.29 is 0 Å². The van der Waals surface area contributed by atoms with E-state index in [1.807, 2.05) is 0 Å². The van der Waals surface area contributed by atoms with Crippen LogP contribution in [-0.2, 0) is 0 Å². The second-order valence-corrected chi connectivity index (χ2v) is 14.8. The number of benzene rings is 10. The Morgan fingerprint density at radius 3 is 0.620 bits per heavy atom. The molecule has 0 bridgehead atoms. The molecule has 0 N–H and O–H groups in total. The maximum Gasteiger partial charge on any atom is -0.00139 e. The van der Waals surface area contributed by atoms with E-state index < -0.39 is 0 Å². The van der Waals surface area contributed by atoms with Crippen molar-refractivity contribution in [3.8, 4) is 0 Å². The molecule has 0 amide bonds. The Labute approximate surface area is 284 Å². The van der Waals surface area contributed by atoms with Gasteiger partial charge in [-0.05, 0) is 189 Å². The number of fused-ring (bicyclic) bond motifs is 14. The first-order valence-corrected chi connectivity index (χ1v) is 17.7. The van der Waals surface area contributed by atoms with E-state index in [1.165, 1.54) is 140 Å². The number of rotatable bonds is 0. The summed E-state index contributed by atoms with van der Waals surface area (Å²) in [5, 5.41) is 35.2. The van der Waals surface area contributed by atoms with Gasteiger partial charge in [-0.1, -0.05) is 97.1 Å². The van der Waals surface area contributed by atoms with Crippen LogP contribution in [0.5, 0.6) is 0 Å². The Bertz CT molecular complexity index is 3320. The first kappa shape index (κ1) is 24.6. The van der Waals surface area contributed by atoms with E-state index in [2.05, 4.69) is 146 Å². The maximum absolute atomic E-state index is 2.46. The third-order valence-corrected chi connectivity index (χ3v) is 12.5. The van der Waals surface area contributed by atoms with Crippen LogP contribution < -0.4 is 0 Å². The lowest BCUT2D eigenvalue weighted by atomic mass is 10.0. The molecule has 0 aliphatic heterocycles. The van der Waals surface area contributed by atoms with Gasteiger partial charge in [-0.3, -0.25) is 0 Å². The summed E-state index contributed by atoms with van der Waals surface area (Å²) in [5.74, 6) is 0. The zero-order valence-corrected chi connectivity index (χ0v) is 26.9. The van der Waals surface area contributed by atoms with Crippen molar-refractivity contribution in [2.75, 3.05) is 0 Å². The van der Waals surface area contributed by atoms with Crippen LogP contribution in [0.1, 0.15) is 0 Å². The molecule has 0 nitrogen and oxygen atoms in total. The molecule has 14 aromatic rings. The van der Waals surface area contributed by atoms with Gasteiger partial charge in [0.1, 0.15) is 0 Å². The fraction of sp³-hybridized carbons (Fsp3) is 0. The highest BCUT2D eigenvalue weighted by molar-refractivity contribution is 6.43. The van der Waals surface area contributed by atoms with Crippen LogP contribution in [0, 0.1) is 0 Å². The quantitative estimate of drug-likeness (QED) is 0.157. The molecule has 0 heterocycles. The topological polar surface area (TPSA) is 0 Å². The van der Waals surface area contributed by atoms with Crippen molar-refractivity contribution in [2.24, 2.45) is 0 Å². The van der Waals surface area contributed by atoms with Crippen LogP contribution in [-0.4, -0.2) is 0 Å². The van der Waals surface area contributed by atoms with Gasteiger partial charge in [-0.25, -0.2) is 0 Å². The average molecular weight is 625 g/mol. The van der Waals surface area contributed by atoms with Gasteiger partial charge in [-0.2, -0.15) is 0 Å². The minimum Gasteiger partial charge on any atom is -0.0610 e. The first-order chi connectivity index (χ1) is 24.8. The van der Waals surface area contributed by atoms with E-state index in [-0.39, 0.29) is 0 Å². The molecule has 0 aliphatic rings. The predicted molar refractivity (Wildman–Crippen MR) is 219 cm³/mol. The lowest BCUT2D eigenvalue weighted by Crippen LogP contribution is -1.76. The Balaban J connectivity index is 1.08. The van der Waals surface area contributed by atoms with E-state index in [4.69, 9.17) is 0 Å². The number of hydrogen-bond acceptors (Lipinski definition) is 0. The molecule has 0 radical (unpaired) electrons. The Morgan fingerprint density at radius 2 is 0.380 bits per heavy atom. The maximum atomic E-state index is 2.46. The lowest BCUT2D eigenvalue weighted by molar-refractivity contribution is 1.85. The molecular formula is C50H24. The van der Waals surface area contributed by atoms with E-state index in [0.717, 1.165) is 0 Å². The molecule has 0 saturated carbocycles. The Kier molecular flexibility index (Phi) is 3.95. The SMILES string of the molecule is c1cc2cccc3c4cc5cc6c(cc5cc4c(c1)c23)c1ccc2c3cc4cc5c(cc4cc3c3ccc6c1c23)c1cccc2cccc5c21. The van der Waals surface area contributed by atoms with Crippen LogP contribution in [0.4, 0.5) is 0 Å². The summed E-state index contributed by atoms with van der Waals surface area (Å²) in [5.41, 5.74) is 0. The van der Waals surface area contributed by atoms with Gasteiger partial charge in [0, 0.05) is 0 Å². The molecule has 224 valence electrons. The van der Waals surface area contributed by atoms with Crippen molar-refractivity contribution in [1.29, 1.82) is 0 Å². The highest BCUT2D eigenvalue weighted by atomic mass is 14.2. The Hall–Kier alpha value is -6.50. The molecule has 50 heavy (non-hydrogen) atoms. The van der Waals surface area contributed by atoms with Crippen molar-refractivity contribution in [3.63, 3.8) is 0 Å². The van der Waals surface area contributed by atoms with Crippen LogP contribution in [0.15, 0.2) is 146 Å². The second kappa shape index (κ2) is 8.03. The van der Waals surface area contributed by atoms with Crippen molar-refractivity contribution >= 4 is 140 Å². The summed E-state index contributed by atoms with van der Waals surface area (Å²) in [6.45, 7) is 0. The smallest absolute Gasteiger partial charge is 0.00139 e. The third-order valence-electron chi connectivity index (χ3n) is 12.5. The molecular weight excluding hydrogens is 601 g/mol. The molecule has 0 spiro atoms. The van der Waals surface area contributed by atoms with Gasteiger partial charge >= 0.3 is 0 Å². The Morgan fingerprint density at radius 1 is 0.160 bits per heavy atom. The number of hydrogen-bond donors (Lipinski definition) is 0. The van der Waals surface area contributed by atoms with E-state index in [9.17, 15) is 0 Å². The fourth-order valence-corrected chi connectivity index (χ4v) is 10.5. The average Bonchev–Trinajstić information content (AvgIpc) is 3.85. The van der Waals surface area contributed by atoms with E-state index >= 15 is 0 Å². The summed E-state index contributed by atoms with van der Waals surface area (Å²) in [6.07, 6.45) is 0. The standard InChI is InChI=1S/C50H24/c1-5-25-6-2-10-32-40-18-28-22-44-36-15-16-38-46-24-30-20-42-34-12-4-8-26-7-3-11-33(48(26)34)41(42)19-29(30)23-45(46)37-14-13-35(49(36)50(37)38)43(44)21-27(28)17-39(40)31(9-1)47(25)32/h1-24H. The third kappa shape index (κ3) is 2.68. The fourth-order valence-electron chi connectivity index (χ4n) is 10.5. The normalized spacial score (nSPS) is 13.2. The summed E-state index contributed by atoms with van der Waals surface area (Å²) in [6, 6.07) is 56.1. The zero-order valence-electron chi connectivity index (χ0n) is 26.9. The zero-order chi connectivity index (χ0) is 32.0. The second-order valence-electron chi connectivity index (χ2n) is 14.8. The van der Waals surface area contributed by atoms with E-state index in [1.54, 1.807) is 0 Å². The van der Waals surface area contributed by atoms with Crippen LogP contribution >= 0.6 is 0 Å². The highest BCUT2D eigenvalue weighted by Crippen LogP contribution is 2.49. The van der Waals surface area contributed by atoms with Crippen molar-refractivity contribution in [1.82, 2.24) is 0 Å².